The highest BCUT2D eigenvalue weighted by Crippen LogP contribution is 2.20. The SMILES string of the molecule is CC(CC1CCCN1)Nc1cccc(OCCN(C)C)c1. The number of benzene rings is 1. The summed E-state index contributed by atoms with van der Waals surface area (Å²) in [6.07, 6.45) is 3.79. The normalized spacial score (nSPS) is 19.7. The lowest BCUT2D eigenvalue weighted by molar-refractivity contribution is 0.261. The Morgan fingerprint density at radius 1 is 1.43 bits per heavy atom. The molecule has 0 bridgehead atoms. The third-order valence-electron chi connectivity index (χ3n) is 3.85. The van der Waals surface area contributed by atoms with Crippen molar-refractivity contribution in [2.45, 2.75) is 38.3 Å². The molecule has 0 aliphatic carbocycles. The number of nitrogens with zero attached hydrogens (tertiary/aromatic N) is 1. The van der Waals surface area contributed by atoms with Crippen molar-refractivity contribution in [1.29, 1.82) is 0 Å². The summed E-state index contributed by atoms with van der Waals surface area (Å²) in [5.41, 5.74) is 1.14. The monoisotopic (exact) mass is 291 g/mol. The first-order chi connectivity index (χ1) is 10.1. The van der Waals surface area contributed by atoms with Gasteiger partial charge in [0.2, 0.25) is 0 Å². The molecule has 1 aliphatic heterocycles. The maximum atomic E-state index is 5.78. The fourth-order valence-electron chi connectivity index (χ4n) is 2.75. The van der Waals surface area contributed by atoms with E-state index in [1.54, 1.807) is 0 Å². The van der Waals surface area contributed by atoms with Gasteiger partial charge in [-0.25, -0.2) is 0 Å². The highest BCUT2D eigenvalue weighted by molar-refractivity contribution is 5.48. The summed E-state index contributed by atoms with van der Waals surface area (Å²) in [6, 6.07) is 9.41. The first kappa shape index (κ1) is 16.1. The average Bonchev–Trinajstić information content (AvgIpc) is 2.91. The van der Waals surface area contributed by atoms with Crippen LogP contribution in [0.25, 0.3) is 0 Å². The fourth-order valence-corrected chi connectivity index (χ4v) is 2.75. The molecule has 118 valence electrons. The van der Waals surface area contributed by atoms with Gasteiger partial charge in [-0.3, -0.25) is 0 Å². The van der Waals surface area contributed by atoms with Crippen molar-refractivity contribution < 1.29 is 4.74 Å². The summed E-state index contributed by atoms with van der Waals surface area (Å²) in [4.78, 5) is 2.12. The van der Waals surface area contributed by atoms with E-state index in [1.165, 1.54) is 25.8 Å². The lowest BCUT2D eigenvalue weighted by atomic mass is 10.1. The Labute approximate surface area is 128 Å². The van der Waals surface area contributed by atoms with E-state index < -0.39 is 0 Å². The van der Waals surface area contributed by atoms with E-state index in [-0.39, 0.29) is 0 Å². The van der Waals surface area contributed by atoms with Crippen molar-refractivity contribution in [3.8, 4) is 5.75 Å². The van der Waals surface area contributed by atoms with E-state index in [2.05, 4.69) is 48.7 Å². The molecule has 2 N–H and O–H groups in total. The Balaban J connectivity index is 1.79. The molecule has 0 saturated carbocycles. The summed E-state index contributed by atoms with van der Waals surface area (Å²) >= 11 is 0. The van der Waals surface area contributed by atoms with Gasteiger partial charge in [-0.2, -0.15) is 0 Å². The van der Waals surface area contributed by atoms with Gasteiger partial charge in [0.1, 0.15) is 12.4 Å². The van der Waals surface area contributed by atoms with Crippen LogP contribution in [0.5, 0.6) is 5.75 Å². The minimum Gasteiger partial charge on any atom is -0.492 e. The molecule has 0 amide bonds. The molecule has 21 heavy (non-hydrogen) atoms. The topological polar surface area (TPSA) is 36.5 Å². The van der Waals surface area contributed by atoms with Crippen LogP contribution < -0.4 is 15.4 Å². The Morgan fingerprint density at radius 3 is 3.00 bits per heavy atom. The number of anilines is 1. The van der Waals surface area contributed by atoms with Gasteiger partial charge in [-0.1, -0.05) is 6.07 Å². The molecule has 1 fully saturated rings. The van der Waals surface area contributed by atoms with Gasteiger partial charge in [0.05, 0.1) is 0 Å². The summed E-state index contributed by atoms with van der Waals surface area (Å²) in [6.45, 7) is 5.07. The van der Waals surface area contributed by atoms with Crippen LogP contribution in [0, 0.1) is 0 Å². The summed E-state index contributed by atoms with van der Waals surface area (Å²) in [5, 5.41) is 7.13. The molecular formula is C17H29N3O. The summed E-state index contributed by atoms with van der Waals surface area (Å²) < 4.78 is 5.78. The smallest absolute Gasteiger partial charge is 0.121 e. The first-order valence-electron chi connectivity index (χ1n) is 8.01. The second-order valence-corrected chi connectivity index (χ2v) is 6.25. The summed E-state index contributed by atoms with van der Waals surface area (Å²) in [7, 11) is 4.11. The Bertz CT molecular complexity index is 416. The fraction of sp³-hybridized carbons (Fsp3) is 0.647. The molecule has 4 nitrogen and oxygen atoms in total. The molecule has 1 aromatic carbocycles. The van der Waals surface area contributed by atoms with Crippen LogP contribution in [0.2, 0.25) is 0 Å². The van der Waals surface area contributed by atoms with Gasteiger partial charge >= 0.3 is 0 Å². The van der Waals surface area contributed by atoms with Gasteiger partial charge in [0.15, 0.2) is 0 Å². The van der Waals surface area contributed by atoms with Crippen molar-refractivity contribution in [3.63, 3.8) is 0 Å². The van der Waals surface area contributed by atoms with Crippen LogP contribution in [0.1, 0.15) is 26.2 Å². The lowest BCUT2D eigenvalue weighted by Gasteiger charge is -2.20. The van der Waals surface area contributed by atoms with Gasteiger partial charge < -0.3 is 20.3 Å². The Morgan fingerprint density at radius 2 is 2.29 bits per heavy atom. The second kappa shape index (κ2) is 8.25. The number of nitrogens with one attached hydrogen (secondary N) is 2. The van der Waals surface area contributed by atoms with E-state index >= 15 is 0 Å². The standard InChI is InChI=1S/C17H29N3O/c1-14(12-15-7-5-9-18-15)19-16-6-4-8-17(13-16)21-11-10-20(2)3/h4,6,8,13-15,18-19H,5,7,9-12H2,1-3H3. The van der Waals surface area contributed by atoms with Crippen LogP contribution in [-0.4, -0.2) is 50.8 Å². The number of hydrogen-bond donors (Lipinski definition) is 2. The third-order valence-corrected chi connectivity index (χ3v) is 3.85. The predicted molar refractivity (Wildman–Crippen MR) is 89.2 cm³/mol. The first-order valence-corrected chi connectivity index (χ1v) is 8.01. The number of rotatable bonds is 8. The number of hydrogen-bond acceptors (Lipinski definition) is 4. The molecule has 2 atom stereocenters. The molecule has 4 heteroatoms. The van der Waals surface area contributed by atoms with Crippen LogP contribution in [0.15, 0.2) is 24.3 Å². The van der Waals surface area contributed by atoms with Crippen molar-refractivity contribution in [2.24, 2.45) is 0 Å². The largest absolute Gasteiger partial charge is 0.492 e. The average molecular weight is 291 g/mol. The molecule has 1 aliphatic rings. The van der Waals surface area contributed by atoms with E-state index in [0.29, 0.717) is 12.1 Å². The van der Waals surface area contributed by atoms with Crippen LogP contribution in [-0.2, 0) is 0 Å². The quantitative estimate of drug-likeness (QED) is 0.772. The predicted octanol–water partition coefficient (Wildman–Crippen LogP) is 2.57. The van der Waals surface area contributed by atoms with Crippen molar-refractivity contribution in [1.82, 2.24) is 10.2 Å². The zero-order chi connectivity index (χ0) is 15.1. The summed E-state index contributed by atoms with van der Waals surface area (Å²) in [5.74, 6) is 0.938. The maximum absolute atomic E-state index is 5.78. The second-order valence-electron chi connectivity index (χ2n) is 6.25. The van der Waals surface area contributed by atoms with E-state index in [9.17, 15) is 0 Å². The van der Waals surface area contributed by atoms with Gasteiger partial charge in [0, 0.05) is 30.4 Å². The van der Waals surface area contributed by atoms with Gasteiger partial charge in [-0.05, 0) is 59.0 Å². The van der Waals surface area contributed by atoms with Crippen LogP contribution in [0.4, 0.5) is 5.69 Å². The molecule has 1 heterocycles. The zero-order valence-electron chi connectivity index (χ0n) is 13.6. The Kier molecular flexibility index (Phi) is 6.33. The third kappa shape index (κ3) is 5.94. The minimum absolute atomic E-state index is 0.470. The highest BCUT2D eigenvalue weighted by Gasteiger charge is 2.16. The lowest BCUT2D eigenvalue weighted by Crippen LogP contribution is -2.29. The molecular weight excluding hydrogens is 262 g/mol. The number of likely N-dealkylation sites (N-methyl/N-ethyl adjacent to an activating group) is 1. The molecule has 0 spiro atoms. The van der Waals surface area contributed by atoms with Gasteiger partial charge in [-0.15, -0.1) is 0 Å². The van der Waals surface area contributed by atoms with E-state index in [4.69, 9.17) is 4.74 Å². The highest BCUT2D eigenvalue weighted by atomic mass is 16.5. The molecule has 2 rings (SSSR count). The molecule has 1 aromatic rings. The van der Waals surface area contributed by atoms with Crippen molar-refractivity contribution >= 4 is 5.69 Å². The van der Waals surface area contributed by atoms with Crippen molar-refractivity contribution in [3.05, 3.63) is 24.3 Å². The van der Waals surface area contributed by atoms with Gasteiger partial charge in [0.25, 0.3) is 0 Å². The van der Waals surface area contributed by atoms with E-state index in [1.807, 2.05) is 12.1 Å². The maximum Gasteiger partial charge on any atom is 0.121 e. The van der Waals surface area contributed by atoms with Crippen LogP contribution in [0.3, 0.4) is 0 Å². The van der Waals surface area contributed by atoms with Crippen molar-refractivity contribution in [2.75, 3.05) is 39.1 Å². The molecule has 2 unspecified atom stereocenters. The number of ether oxygens (including phenoxy) is 1. The van der Waals surface area contributed by atoms with E-state index in [0.717, 1.165) is 24.6 Å². The molecule has 1 saturated heterocycles. The molecule has 0 radical (unpaired) electrons. The minimum atomic E-state index is 0.470. The zero-order valence-corrected chi connectivity index (χ0v) is 13.6. The van der Waals surface area contributed by atoms with Crippen LogP contribution >= 0.6 is 0 Å². The Hall–Kier alpha value is -1.26. The molecule has 0 aromatic heterocycles.